The molecule has 2 nitrogen and oxygen atoms in total. The molecule has 0 saturated carbocycles. The van der Waals surface area contributed by atoms with Crippen molar-refractivity contribution < 1.29 is 8.85 Å². The quantitative estimate of drug-likeness (QED) is 0.294. The van der Waals surface area contributed by atoms with E-state index in [1.54, 1.807) is 0 Å². The van der Waals surface area contributed by atoms with Crippen molar-refractivity contribution in [3.63, 3.8) is 0 Å². The fourth-order valence-corrected chi connectivity index (χ4v) is 6.49. The standard InChI is InChI=1S/C12H30O2S2Si2/c1-11(2)13-17-9-5-7-15-16-8-6-10-18-14-12(3)4/h11-12H,5-10,17-18H2,1-4H3. The van der Waals surface area contributed by atoms with Crippen LogP contribution in [0.4, 0.5) is 0 Å². The molecule has 0 aromatic carbocycles. The maximum atomic E-state index is 5.65. The van der Waals surface area contributed by atoms with Gasteiger partial charge in [-0.1, -0.05) is 21.6 Å². The smallest absolute Gasteiger partial charge is 0.161 e. The zero-order valence-corrected chi connectivity index (χ0v) is 16.9. The Kier molecular flexibility index (Phi) is 15.3. The lowest BCUT2D eigenvalue weighted by Crippen LogP contribution is -2.06. The summed E-state index contributed by atoms with van der Waals surface area (Å²) in [4.78, 5) is 0. The maximum absolute atomic E-state index is 5.65. The van der Waals surface area contributed by atoms with E-state index in [1.807, 2.05) is 21.6 Å². The van der Waals surface area contributed by atoms with E-state index in [9.17, 15) is 0 Å². The summed E-state index contributed by atoms with van der Waals surface area (Å²) in [5.41, 5.74) is 0. The molecule has 0 radical (unpaired) electrons. The Hall–Kier alpha value is 1.05. The second-order valence-electron chi connectivity index (χ2n) is 4.90. The van der Waals surface area contributed by atoms with Crippen molar-refractivity contribution in [2.75, 3.05) is 11.5 Å². The zero-order valence-electron chi connectivity index (χ0n) is 12.4. The predicted octanol–water partition coefficient (Wildman–Crippen LogP) is 3.00. The zero-order chi connectivity index (χ0) is 13.6. The Balaban J connectivity index is 2.95. The van der Waals surface area contributed by atoms with Gasteiger partial charge < -0.3 is 8.85 Å². The molecule has 0 spiro atoms. The SMILES string of the molecule is CC(C)O[SiH2]CCCSSCCC[SiH2]OC(C)C. The Bertz CT molecular complexity index is 154. The predicted molar refractivity (Wildman–Crippen MR) is 93.3 cm³/mol. The van der Waals surface area contributed by atoms with Gasteiger partial charge in [0.05, 0.1) is 0 Å². The first-order chi connectivity index (χ1) is 8.63. The van der Waals surface area contributed by atoms with E-state index in [1.165, 1.54) is 36.4 Å². The van der Waals surface area contributed by atoms with Crippen molar-refractivity contribution in [3.8, 4) is 0 Å². The molecule has 0 aromatic heterocycles. The van der Waals surface area contributed by atoms with Gasteiger partial charge in [0.1, 0.15) is 0 Å². The molecular weight excluding hydrogens is 296 g/mol. The third-order valence-electron chi connectivity index (χ3n) is 2.23. The lowest BCUT2D eigenvalue weighted by atomic mass is 10.5. The largest absolute Gasteiger partial charge is 0.422 e. The van der Waals surface area contributed by atoms with E-state index in [0.29, 0.717) is 12.2 Å². The highest BCUT2D eigenvalue weighted by atomic mass is 33.1. The Morgan fingerprint density at radius 3 is 1.50 bits per heavy atom. The first-order valence-corrected chi connectivity index (χ1v) is 12.7. The summed E-state index contributed by atoms with van der Waals surface area (Å²) >= 11 is 0. The Labute approximate surface area is 126 Å². The summed E-state index contributed by atoms with van der Waals surface area (Å²) in [5, 5.41) is 0. The molecule has 0 fully saturated rings. The second-order valence-corrected chi connectivity index (χ2v) is 10.5. The average Bonchev–Trinajstić information content (AvgIpc) is 2.29. The van der Waals surface area contributed by atoms with Crippen molar-refractivity contribution in [1.29, 1.82) is 0 Å². The van der Waals surface area contributed by atoms with Gasteiger partial charge in [-0.2, -0.15) is 0 Å². The minimum atomic E-state index is -0.228. The Morgan fingerprint density at radius 2 is 1.17 bits per heavy atom. The summed E-state index contributed by atoms with van der Waals surface area (Å²) in [7, 11) is 3.61. The van der Waals surface area contributed by atoms with Gasteiger partial charge in [-0.05, 0) is 52.6 Å². The van der Waals surface area contributed by atoms with Crippen LogP contribution in [0, 0.1) is 0 Å². The summed E-state index contributed by atoms with van der Waals surface area (Å²) in [5.74, 6) is 2.58. The lowest BCUT2D eigenvalue weighted by molar-refractivity contribution is 0.255. The lowest BCUT2D eigenvalue weighted by Gasteiger charge is -2.07. The van der Waals surface area contributed by atoms with Crippen LogP contribution in [-0.2, 0) is 8.85 Å². The molecule has 0 amide bonds. The average molecular weight is 327 g/mol. The van der Waals surface area contributed by atoms with E-state index in [2.05, 4.69) is 27.7 Å². The van der Waals surface area contributed by atoms with E-state index < -0.39 is 0 Å². The summed E-state index contributed by atoms with van der Waals surface area (Å²) in [6, 6.07) is 2.67. The molecular formula is C12H30O2S2Si2. The second kappa shape index (κ2) is 14.5. The molecule has 0 N–H and O–H groups in total. The van der Waals surface area contributed by atoms with Crippen LogP contribution in [0.3, 0.4) is 0 Å². The molecule has 0 aliphatic rings. The fourth-order valence-electron chi connectivity index (χ4n) is 1.28. The highest BCUT2D eigenvalue weighted by Crippen LogP contribution is 2.23. The van der Waals surface area contributed by atoms with E-state index >= 15 is 0 Å². The first kappa shape index (κ1) is 19.1. The summed E-state index contributed by atoms with van der Waals surface area (Å²) < 4.78 is 11.3. The van der Waals surface area contributed by atoms with Gasteiger partial charge in [0.25, 0.3) is 0 Å². The van der Waals surface area contributed by atoms with Crippen LogP contribution in [0.15, 0.2) is 0 Å². The summed E-state index contributed by atoms with van der Waals surface area (Å²) in [6.07, 6.45) is 3.55. The molecule has 0 aliphatic carbocycles. The van der Waals surface area contributed by atoms with E-state index in [0.717, 1.165) is 0 Å². The molecule has 0 aliphatic heterocycles. The van der Waals surface area contributed by atoms with Gasteiger partial charge in [0.15, 0.2) is 19.5 Å². The number of rotatable bonds is 13. The van der Waals surface area contributed by atoms with Crippen molar-refractivity contribution >= 4 is 41.1 Å². The van der Waals surface area contributed by atoms with Crippen molar-refractivity contribution in [2.24, 2.45) is 0 Å². The molecule has 6 heteroatoms. The van der Waals surface area contributed by atoms with E-state index in [4.69, 9.17) is 8.85 Å². The maximum Gasteiger partial charge on any atom is 0.161 e. The molecule has 0 saturated heterocycles. The third kappa shape index (κ3) is 17.1. The molecule has 0 heterocycles. The van der Waals surface area contributed by atoms with Crippen LogP contribution in [0.5, 0.6) is 0 Å². The van der Waals surface area contributed by atoms with E-state index in [-0.39, 0.29) is 19.5 Å². The highest BCUT2D eigenvalue weighted by Gasteiger charge is 1.97. The van der Waals surface area contributed by atoms with Crippen LogP contribution < -0.4 is 0 Å². The molecule has 0 bridgehead atoms. The number of hydrogen-bond donors (Lipinski definition) is 0. The van der Waals surface area contributed by atoms with Crippen LogP contribution in [0.25, 0.3) is 0 Å². The first-order valence-electron chi connectivity index (χ1n) is 7.10. The molecule has 110 valence electrons. The van der Waals surface area contributed by atoms with Crippen molar-refractivity contribution in [1.82, 2.24) is 0 Å². The van der Waals surface area contributed by atoms with Crippen LogP contribution in [0.2, 0.25) is 12.1 Å². The molecule has 0 aromatic rings. The molecule has 0 rings (SSSR count). The van der Waals surface area contributed by atoms with Crippen LogP contribution in [0.1, 0.15) is 40.5 Å². The monoisotopic (exact) mass is 326 g/mol. The highest BCUT2D eigenvalue weighted by molar-refractivity contribution is 8.76. The van der Waals surface area contributed by atoms with Crippen LogP contribution >= 0.6 is 21.6 Å². The van der Waals surface area contributed by atoms with Crippen molar-refractivity contribution in [2.45, 2.75) is 64.8 Å². The molecule has 0 unspecified atom stereocenters. The number of hydrogen-bond acceptors (Lipinski definition) is 4. The molecule has 0 atom stereocenters. The topological polar surface area (TPSA) is 18.5 Å². The van der Waals surface area contributed by atoms with Gasteiger partial charge in [-0.15, -0.1) is 0 Å². The van der Waals surface area contributed by atoms with Gasteiger partial charge >= 0.3 is 0 Å². The normalized spacial score (nSPS) is 13.0. The summed E-state index contributed by atoms with van der Waals surface area (Å²) in [6.45, 7) is 8.52. The van der Waals surface area contributed by atoms with Crippen LogP contribution in [-0.4, -0.2) is 43.2 Å². The molecule has 18 heavy (non-hydrogen) atoms. The van der Waals surface area contributed by atoms with Gasteiger partial charge in [0.2, 0.25) is 0 Å². The fraction of sp³-hybridized carbons (Fsp3) is 1.00. The Morgan fingerprint density at radius 1 is 0.778 bits per heavy atom. The van der Waals surface area contributed by atoms with Gasteiger partial charge in [0, 0.05) is 23.7 Å². The minimum Gasteiger partial charge on any atom is -0.422 e. The van der Waals surface area contributed by atoms with Gasteiger partial charge in [-0.3, -0.25) is 0 Å². The van der Waals surface area contributed by atoms with Crippen molar-refractivity contribution in [3.05, 3.63) is 0 Å². The minimum absolute atomic E-state index is 0.228. The van der Waals surface area contributed by atoms with Gasteiger partial charge in [-0.25, -0.2) is 0 Å². The third-order valence-corrected chi connectivity index (χ3v) is 8.19.